The van der Waals surface area contributed by atoms with Crippen LogP contribution in [-0.4, -0.2) is 11.6 Å². The number of unbranched alkanes of at least 4 members (excludes halogenated alkanes) is 1. The fourth-order valence-corrected chi connectivity index (χ4v) is 2.26. The molecule has 1 aliphatic rings. The molecular weight excluding hydrogens is 236 g/mol. The van der Waals surface area contributed by atoms with E-state index in [4.69, 9.17) is 11.6 Å². The Kier molecular flexibility index (Phi) is 3.43. The summed E-state index contributed by atoms with van der Waals surface area (Å²) >= 11 is 6.00. The molecule has 0 aliphatic heterocycles. The minimum atomic E-state index is -0.229. The molecule has 0 fully saturated rings. The molecule has 3 heteroatoms. The third-order valence-corrected chi connectivity index (χ3v) is 3.33. The first kappa shape index (κ1) is 12.1. The van der Waals surface area contributed by atoms with Crippen LogP contribution in [0.4, 0.5) is 0 Å². The van der Waals surface area contributed by atoms with Crippen molar-refractivity contribution in [3.05, 3.63) is 46.0 Å². The van der Waals surface area contributed by atoms with Crippen LogP contribution in [0.3, 0.4) is 0 Å². The molecule has 0 heterocycles. The van der Waals surface area contributed by atoms with Gasteiger partial charge in [-0.25, -0.2) is 0 Å². The third kappa shape index (κ3) is 2.05. The Labute approximate surface area is 105 Å². The highest BCUT2D eigenvalue weighted by Crippen LogP contribution is 2.30. The van der Waals surface area contributed by atoms with Crippen LogP contribution in [0.25, 0.3) is 0 Å². The summed E-state index contributed by atoms with van der Waals surface area (Å²) in [5.74, 6) is -0.327. The van der Waals surface area contributed by atoms with E-state index in [9.17, 15) is 9.59 Å². The van der Waals surface area contributed by atoms with Crippen molar-refractivity contribution in [2.24, 2.45) is 0 Å². The van der Waals surface area contributed by atoms with E-state index in [-0.39, 0.29) is 16.6 Å². The SMILES string of the molecule is CCCCC1=C(Cl)C(=O)c2ccccc2C1=O. The lowest BCUT2D eigenvalue weighted by atomic mass is 9.87. The van der Waals surface area contributed by atoms with Gasteiger partial charge in [0.25, 0.3) is 0 Å². The molecule has 1 aromatic carbocycles. The van der Waals surface area contributed by atoms with E-state index in [0.717, 1.165) is 12.8 Å². The van der Waals surface area contributed by atoms with Crippen molar-refractivity contribution in [2.45, 2.75) is 26.2 Å². The molecule has 1 aliphatic carbocycles. The van der Waals surface area contributed by atoms with Gasteiger partial charge in [0.2, 0.25) is 5.78 Å². The van der Waals surface area contributed by atoms with Crippen LogP contribution in [0.5, 0.6) is 0 Å². The van der Waals surface area contributed by atoms with Crippen LogP contribution in [0.2, 0.25) is 0 Å². The van der Waals surface area contributed by atoms with Gasteiger partial charge in [-0.2, -0.15) is 0 Å². The zero-order chi connectivity index (χ0) is 12.4. The summed E-state index contributed by atoms with van der Waals surface area (Å²) in [7, 11) is 0. The van der Waals surface area contributed by atoms with Crippen molar-refractivity contribution in [3.63, 3.8) is 0 Å². The number of fused-ring (bicyclic) bond motifs is 1. The van der Waals surface area contributed by atoms with Gasteiger partial charge < -0.3 is 0 Å². The van der Waals surface area contributed by atoms with Crippen molar-refractivity contribution < 1.29 is 9.59 Å². The highest BCUT2D eigenvalue weighted by Gasteiger charge is 2.30. The molecule has 0 radical (unpaired) electrons. The quantitative estimate of drug-likeness (QED) is 0.816. The molecule has 1 aromatic rings. The van der Waals surface area contributed by atoms with Crippen LogP contribution in [0, 0.1) is 0 Å². The number of carbonyl (C=O) groups is 2. The summed E-state index contributed by atoms with van der Waals surface area (Å²) in [6.07, 6.45) is 2.41. The Balaban J connectivity index is 2.47. The number of carbonyl (C=O) groups excluding carboxylic acids is 2. The molecule has 0 atom stereocenters. The fraction of sp³-hybridized carbons (Fsp3) is 0.286. The van der Waals surface area contributed by atoms with Crippen molar-refractivity contribution >= 4 is 23.2 Å². The molecule has 0 aromatic heterocycles. The number of rotatable bonds is 3. The zero-order valence-electron chi connectivity index (χ0n) is 9.63. The van der Waals surface area contributed by atoms with Gasteiger partial charge in [0.1, 0.15) is 0 Å². The van der Waals surface area contributed by atoms with Crippen LogP contribution >= 0.6 is 11.6 Å². The molecule has 88 valence electrons. The van der Waals surface area contributed by atoms with Crippen LogP contribution < -0.4 is 0 Å². The number of Topliss-reactive ketones (excluding diaryl/α,β-unsaturated/α-hetero) is 2. The van der Waals surface area contributed by atoms with E-state index in [1.165, 1.54) is 0 Å². The van der Waals surface area contributed by atoms with Crippen LogP contribution in [-0.2, 0) is 0 Å². The van der Waals surface area contributed by atoms with E-state index in [2.05, 4.69) is 0 Å². The minimum absolute atomic E-state index is 0.0985. The van der Waals surface area contributed by atoms with Gasteiger partial charge in [-0.1, -0.05) is 49.2 Å². The highest BCUT2D eigenvalue weighted by atomic mass is 35.5. The van der Waals surface area contributed by atoms with Gasteiger partial charge in [0.05, 0.1) is 5.03 Å². The van der Waals surface area contributed by atoms with Crippen molar-refractivity contribution in [1.82, 2.24) is 0 Å². The predicted molar refractivity (Wildman–Crippen MR) is 67.5 cm³/mol. The van der Waals surface area contributed by atoms with Crippen LogP contribution in [0.15, 0.2) is 34.9 Å². The molecule has 0 bridgehead atoms. The van der Waals surface area contributed by atoms with Gasteiger partial charge in [0, 0.05) is 16.7 Å². The summed E-state index contributed by atoms with van der Waals surface area (Å²) in [6, 6.07) is 6.84. The molecule has 0 spiro atoms. The summed E-state index contributed by atoms with van der Waals surface area (Å²) in [5.41, 5.74) is 1.37. The number of benzene rings is 1. The molecule has 0 unspecified atom stereocenters. The Hall–Kier alpha value is -1.41. The van der Waals surface area contributed by atoms with Crippen molar-refractivity contribution in [2.75, 3.05) is 0 Å². The van der Waals surface area contributed by atoms with Crippen molar-refractivity contribution in [1.29, 1.82) is 0 Å². The Bertz CT molecular complexity index is 515. The van der Waals surface area contributed by atoms with Gasteiger partial charge in [-0.05, 0) is 12.8 Å². The van der Waals surface area contributed by atoms with E-state index < -0.39 is 0 Å². The largest absolute Gasteiger partial charge is 0.289 e. The Morgan fingerprint density at radius 3 is 2.24 bits per heavy atom. The monoisotopic (exact) mass is 248 g/mol. The lowest BCUT2D eigenvalue weighted by Crippen LogP contribution is -2.19. The number of hydrogen-bond donors (Lipinski definition) is 0. The van der Waals surface area contributed by atoms with E-state index in [1.807, 2.05) is 6.92 Å². The molecule has 0 saturated heterocycles. The van der Waals surface area contributed by atoms with E-state index in [1.54, 1.807) is 24.3 Å². The lowest BCUT2D eigenvalue weighted by Gasteiger charge is -2.17. The molecule has 2 rings (SSSR count). The summed E-state index contributed by atoms with van der Waals surface area (Å²) in [4.78, 5) is 24.2. The first-order valence-electron chi connectivity index (χ1n) is 5.74. The number of hydrogen-bond acceptors (Lipinski definition) is 2. The zero-order valence-corrected chi connectivity index (χ0v) is 10.4. The van der Waals surface area contributed by atoms with Crippen molar-refractivity contribution in [3.8, 4) is 0 Å². The number of halogens is 1. The average Bonchev–Trinajstić information content (AvgIpc) is 2.36. The maximum atomic E-state index is 12.2. The molecule has 0 amide bonds. The first-order valence-corrected chi connectivity index (χ1v) is 6.11. The second-order valence-electron chi connectivity index (χ2n) is 4.10. The molecule has 2 nitrogen and oxygen atoms in total. The average molecular weight is 249 g/mol. The number of ketones is 2. The molecule has 0 N–H and O–H groups in total. The smallest absolute Gasteiger partial charge is 0.205 e. The minimum Gasteiger partial charge on any atom is -0.289 e. The highest BCUT2D eigenvalue weighted by molar-refractivity contribution is 6.50. The summed E-state index contributed by atoms with van der Waals surface area (Å²) in [6.45, 7) is 2.04. The third-order valence-electron chi connectivity index (χ3n) is 2.94. The van der Waals surface area contributed by atoms with Crippen LogP contribution in [0.1, 0.15) is 46.9 Å². The predicted octanol–water partition coefficient (Wildman–Crippen LogP) is 3.75. The number of allylic oxidation sites excluding steroid dienone is 2. The second kappa shape index (κ2) is 4.84. The summed E-state index contributed by atoms with van der Waals surface area (Å²) < 4.78 is 0. The first-order chi connectivity index (χ1) is 8.16. The molecule has 0 saturated carbocycles. The van der Waals surface area contributed by atoms with E-state index >= 15 is 0 Å². The van der Waals surface area contributed by atoms with E-state index in [0.29, 0.717) is 23.1 Å². The Morgan fingerprint density at radius 2 is 1.65 bits per heavy atom. The molecular formula is C14H13ClO2. The van der Waals surface area contributed by atoms with Gasteiger partial charge in [-0.3, -0.25) is 9.59 Å². The normalized spacial score (nSPS) is 15.2. The fourth-order valence-electron chi connectivity index (χ4n) is 1.97. The molecule has 17 heavy (non-hydrogen) atoms. The van der Waals surface area contributed by atoms with Gasteiger partial charge in [-0.15, -0.1) is 0 Å². The lowest BCUT2D eigenvalue weighted by molar-refractivity contribution is 0.0977. The second-order valence-corrected chi connectivity index (χ2v) is 4.48. The van der Waals surface area contributed by atoms with Gasteiger partial charge in [0.15, 0.2) is 5.78 Å². The Morgan fingerprint density at radius 1 is 1.06 bits per heavy atom. The maximum absolute atomic E-state index is 12.2. The standard InChI is InChI=1S/C14H13ClO2/c1-2-3-6-11-12(15)14(17)10-8-5-4-7-9(10)13(11)16/h4-5,7-8H,2-3,6H2,1H3. The topological polar surface area (TPSA) is 34.1 Å². The maximum Gasteiger partial charge on any atom is 0.205 e. The van der Waals surface area contributed by atoms with Gasteiger partial charge >= 0.3 is 0 Å². The summed E-state index contributed by atoms with van der Waals surface area (Å²) in [5, 5.41) is 0.0992.